The number of amides is 2. The number of rotatable bonds is 4. The topological polar surface area (TPSA) is 43.9 Å². The number of likely N-dealkylation sites (tertiary alicyclic amines) is 1. The number of aryl methyl sites for hydroxylation is 2. The summed E-state index contributed by atoms with van der Waals surface area (Å²) in [6.07, 6.45) is 2.42. The van der Waals surface area contributed by atoms with Crippen molar-refractivity contribution >= 4 is 17.5 Å². The fourth-order valence-corrected chi connectivity index (χ4v) is 3.91. The molecule has 0 spiro atoms. The molecule has 3 rings (SSSR count). The first kappa shape index (κ1) is 17.9. The maximum Gasteiger partial charge on any atom is 0.230 e. The van der Waals surface area contributed by atoms with Crippen LogP contribution in [0.3, 0.4) is 0 Å². The van der Waals surface area contributed by atoms with Gasteiger partial charge in [-0.05, 0) is 49.9 Å². The second-order valence-electron chi connectivity index (χ2n) is 7.19. The lowest BCUT2D eigenvalue weighted by molar-refractivity contribution is -0.156. The molecule has 5 heteroatoms. The molecule has 1 atom stereocenters. The number of hydrogen-bond acceptors (Lipinski definition) is 4. The third-order valence-corrected chi connectivity index (χ3v) is 5.57. The summed E-state index contributed by atoms with van der Waals surface area (Å²) in [5.74, 6) is -0.000576. The molecular weight excluding hydrogens is 314 g/mol. The number of carbonyl (C=O) groups excluding carboxylic acids is 2. The minimum atomic E-state index is -0.0813. The number of anilines is 1. The smallest absolute Gasteiger partial charge is 0.230 e. The van der Waals surface area contributed by atoms with E-state index in [1.807, 2.05) is 0 Å². The van der Waals surface area contributed by atoms with Crippen LogP contribution in [0.4, 0.5) is 5.69 Å². The van der Waals surface area contributed by atoms with Crippen molar-refractivity contribution < 1.29 is 9.59 Å². The molecule has 0 N–H and O–H groups in total. The van der Waals surface area contributed by atoms with Crippen molar-refractivity contribution in [2.45, 2.75) is 52.6 Å². The average Bonchev–Trinajstić information content (AvgIpc) is 2.61. The quantitative estimate of drug-likeness (QED) is 0.789. The third-order valence-electron chi connectivity index (χ3n) is 5.57. The number of nitrogens with zero attached hydrogens (tertiary/aromatic N) is 3. The fraction of sp³-hybridized carbons (Fsp3) is 0.600. The van der Waals surface area contributed by atoms with Crippen molar-refractivity contribution in [1.82, 2.24) is 9.80 Å². The zero-order valence-electron chi connectivity index (χ0n) is 15.6. The van der Waals surface area contributed by atoms with Gasteiger partial charge in [-0.2, -0.15) is 0 Å². The highest BCUT2D eigenvalue weighted by atomic mass is 16.2. The highest BCUT2D eigenvalue weighted by molar-refractivity contribution is 5.97. The number of hydrogen-bond donors (Lipinski definition) is 0. The van der Waals surface area contributed by atoms with Crippen LogP contribution in [0.1, 0.15) is 43.7 Å². The molecule has 0 aromatic heterocycles. The molecule has 0 bridgehead atoms. The summed E-state index contributed by atoms with van der Waals surface area (Å²) in [7, 11) is 0. The molecule has 2 aliphatic heterocycles. The Balaban J connectivity index is 1.66. The van der Waals surface area contributed by atoms with Crippen LogP contribution in [-0.2, 0) is 9.59 Å². The number of piperidine rings is 1. The van der Waals surface area contributed by atoms with Crippen LogP contribution in [0.2, 0.25) is 0 Å². The predicted molar refractivity (Wildman–Crippen MR) is 99.5 cm³/mol. The Bertz CT molecular complexity index is 634. The zero-order valence-corrected chi connectivity index (χ0v) is 15.6. The molecule has 5 nitrogen and oxygen atoms in total. The van der Waals surface area contributed by atoms with E-state index in [9.17, 15) is 9.59 Å². The van der Waals surface area contributed by atoms with E-state index in [-0.39, 0.29) is 18.0 Å². The Hall–Kier alpha value is -1.88. The van der Waals surface area contributed by atoms with E-state index in [2.05, 4.69) is 48.8 Å². The standard InChI is InChI=1S/C20H29N3O2/c1-4-18(23-19(24)6-5-7-20(23)25)22-12-10-21(11-13-22)17-9-8-15(2)16(3)14-17/h8-9,14,18H,4-7,10-13H2,1-3H3. The van der Waals surface area contributed by atoms with Crippen LogP contribution < -0.4 is 4.90 Å². The summed E-state index contributed by atoms with van der Waals surface area (Å²) in [5.41, 5.74) is 3.90. The number of piperazine rings is 1. The lowest BCUT2D eigenvalue weighted by atomic mass is 10.1. The lowest BCUT2D eigenvalue weighted by Gasteiger charge is -2.44. The highest BCUT2D eigenvalue weighted by Gasteiger charge is 2.35. The maximum atomic E-state index is 12.3. The van der Waals surface area contributed by atoms with Gasteiger partial charge in [-0.25, -0.2) is 0 Å². The van der Waals surface area contributed by atoms with Gasteiger partial charge in [0.2, 0.25) is 11.8 Å². The van der Waals surface area contributed by atoms with E-state index in [1.54, 1.807) is 0 Å². The van der Waals surface area contributed by atoms with Gasteiger partial charge in [0.15, 0.2) is 0 Å². The van der Waals surface area contributed by atoms with Crippen molar-refractivity contribution in [3.8, 4) is 0 Å². The molecule has 2 fully saturated rings. The van der Waals surface area contributed by atoms with Gasteiger partial charge in [0.1, 0.15) is 0 Å². The molecule has 1 unspecified atom stereocenters. The van der Waals surface area contributed by atoms with Crippen LogP contribution >= 0.6 is 0 Å². The molecule has 1 aromatic rings. The third kappa shape index (κ3) is 3.71. The molecule has 2 amide bonds. The molecule has 25 heavy (non-hydrogen) atoms. The molecule has 2 saturated heterocycles. The Kier molecular flexibility index (Phi) is 5.42. The van der Waals surface area contributed by atoms with Gasteiger partial charge in [0.25, 0.3) is 0 Å². The minimum absolute atomic E-state index is 0.000288. The van der Waals surface area contributed by atoms with E-state index in [0.717, 1.165) is 32.6 Å². The van der Waals surface area contributed by atoms with Crippen molar-refractivity contribution in [3.63, 3.8) is 0 Å². The van der Waals surface area contributed by atoms with Gasteiger partial charge in [-0.15, -0.1) is 0 Å². The van der Waals surface area contributed by atoms with E-state index < -0.39 is 0 Å². The van der Waals surface area contributed by atoms with Gasteiger partial charge >= 0.3 is 0 Å². The van der Waals surface area contributed by atoms with E-state index >= 15 is 0 Å². The summed E-state index contributed by atoms with van der Waals surface area (Å²) in [6.45, 7) is 9.95. The van der Waals surface area contributed by atoms with E-state index in [0.29, 0.717) is 19.3 Å². The molecule has 0 saturated carbocycles. The zero-order chi connectivity index (χ0) is 18.0. The molecule has 2 heterocycles. The number of imide groups is 1. The Labute approximate surface area is 150 Å². The molecule has 0 radical (unpaired) electrons. The van der Waals surface area contributed by atoms with Gasteiger partial charge in [0, 0.05) is 44.7 Å². The fourth-order valence-electron chi connectivity index (χ4n) is 3.91. The normalized spacial score (nSPS) is 20.9. The van der Waals surface area contributed by atoms with Gasteiger partial charge in [0.05, 0.1) is 6.17 Å². The second kappa shape index (κ2) is 7.56. The molecule has 2 aliphatic rings. The largest absolute Gasteiger partial charge is 0.369 e. The molecular formula is C20H29N3O2. The Morgan fingerprint density at radius 2 is 1.60 bits per heavy atom. The van der Waals surface area contributed by atoms with E-state index in [1.165, 1.54) is 21.7 Å². The summed E-state index contributed by atoms with van der Waals surface area (Å²) < 4.78 is 0. The average molecular weight is 343 g/mol. The van der Waals surface area contributed by atoms with Crippen LogP contribution in [0, 0.1) is 13.8 Å². The Morgan fingerprint density at radius 1 is 0.960 bits per heavy atom. The predicted octanol–water partition coefficient (Wildman–Crippen LogP) is 2.70. The van der Waals surface area contributed by atoms with Gasteiger partial charge < -0.3 is 4.90 Å². The second-order valence-corrected chi connectivity index (χ2v) is 7.19. The van der Waals surface area contributed by atoms with Gasteiger partial charge in [-0.3, -0.25) is 19.4 Å². The van der Waals surface area contributed by atoms with Crippen molar-refractivity contribution in [1.29, 1.82) is 0 Å². The minimum Gasteiger partial charge on any atom is -0.369 e. The lowest BCUT2D eigenvalue weighted by Crippen LogP contribution is -2.59. The molecule has 0 aliphatic carbocycles. The summed E-state index contributed by atoms with van der Waals surface area (Å²) >= 11 is 0. The maximum absolute atomic E-state index is 12.3. The van der Waals surface area contributed by atoms with Crippen molar-refractivity contribution in [2.75, 3.05) is 31.1 Å². The molecule has 136 valence electrons. The summed E-state index contributed by atoms with van der Waals surface area (Å²) in [5, 5.41) is 0. The SMILES string of the molecule is CCC(N1CCN(c2ccc(C)c(C)c2)CC1)N1C(=O)CCCC1=O. The van der Waals surface area contributed by atoms with Crippen LogP contribution in [0.25, 0.3) is 0 Å². The highest BCUT2D eigenvalue weighted by Crippen LogP contribution is 2.24. The van der Waals surface area contributed by atoms with E-state index in [4.69, 9.17) is 0 Å². The summed E-state index contributed by atoms with van der Waals surface area (Å²) in [6, 6.07) is 6.62. The Morgan fingerprint density at radius 3 is 2.16 bits per heavy atom. The van der Waals surface area contributed by atoms with Crippen LogP contribution in [0.5, 0.6) is 0 Å². The van der Waals surface area contributed by atoms with Crippen molar-refractivity contribution in [2.24, 2.45) is 0 Å². The molecule has 1 aromatic carbocycles. The number of benzene rings is 1. The first-order valence-electron chi connectivity index (χ1n) is 9.42. The van der Waals surface area contributed by atoms with Crippen LogP contribution in [0.15, 0.2) is 18.2 Å². The monoisotopic (exact) mass is 343 g/mol. The first-order chi connectivity index (χ1) is 12.0. The van der Waals surface area contributed by atoms with Crippen LogP contribution in [-0.4, -0.2) is 54.0 Å². The van der Waals surface area contributed by atoms with Gasteiger partial charge in [-0.1, -0.05) is 13.0 Å². The summed E-state index contributed by atoms with van der Waals surface area (Å²) in [4.78, 5) is 30.8. The van der Waals surface area contributed by atoms with Crippen molar-refractivity contribution in [3.05, 3.63) is 29.3 Å². The number of carbonyl (C=O) groups is 2. The first-order valence-corrected chi connectivity index (χ1v) is 9.42.